The molecule has 1 N–H and O–H groups in total. The molecule has 0 radical (unpaired) electrons. The van der Waals surface area contributed by atoms with Gasteiger partial charge in [-0.1, -0.05) is 42.5 Å². The fraction of sp³-hybridized carbons (Fsp3) is 0.188. The first-order valence-corrected chi connectivity index (χ1v) is 12.9. The van der Waals surface area contributed by atoms with Gasteiger partial charge in [0.2, 0.25) is 5.91 Å². The van der Waals surface area contributed by atoms with Gasteiger partial charge in [-0.2, -0.15) is 13.2 Å². The van der Waals surface area contributed by atoms with E-state index in [9.17, 15) is 22.8 Å². The summed E-state index contributed by atoms with van der Waals surface area (Å²) in [6.07, 6.45) is -4.50. The van der Waals surface area contributed by atoms with E-state index in [2.05, 4.69) is 5.32 Å². The topological polar surface area (TPSA) is 67.9 Å². The highest BCUT2D eigenvalue weighted by molar-refractivity contribution is 6.11. The quantitative estimate of drug-likeness (QED) is 0.279. The maximum Gasteiger partial charge on any atom is 0.416 e. The molecule has 2 amide bonds. The second-order valence-electron chi connectivity index (χ2n) is 9.57. The summed E-state index contributed by atoms with van der Waals surface area (Å²) in [6, 6.07) is 25.0. The molecule has 0 aliphatic carbocycles. The van der Waals surface area contributed by atoms with Gasteiger partial charge in [0.25, 0.3) is 5.91 Å². The number of halogens is 3. The van der Waals surface area contributed by atoms with E-state index in [1.54, 1.807) is 91.9 Å². The lowest BCUT2D eigenvalue weighted by Gasteiger charge is -2.42. The first-order valence-electron chi connectivity index (χ1n) is 12.9. The molecule has 2 atom stereocenters. The van der Waals surface area contributed by atoms with Gasteiger partial charge in [0.15, 0.2) is 0 Å². The number of carbonyl (C=O) groups excluding carboxylic acids is 2. The lowest BCUT2D eigenvalue weighted by molar-refractivity contribution is -0.137. The molecular weight excluding hydrogens is 533 g/mol. The lowest BCUT2D eigenvalue weighted by atomic mass is 9.78. The Labute approximate surface area is 235 Å². The Morgan fingerprint density at radius 1 is 0.854 bits per heavy atom. The average Bonchev–Trinajstić information content (AvgIpc) is 2.99. The molecular formula is C32H27F3N2O4. The van der Waals surface area contributed by atoms with Crippen molar-refractivity contribution in [1.29, 1.82) is 0 Å². The van der Waals surface area contributed by atoms with Gasteiger partial charge in [0, 0.05) is 17.8 Å². The van der Waals surface area contributed by atoms with Crippen molar-refractivity contribution in [2.75, 3.05) is 19.1 Å². The highest BCUT2D eigenvalue weighted by Crippen LogP contribution is 2.45. The van der Waals surface area contributed by atoms with Crippen LogP contribution in [0.3, 0.4) is 0 Å². The fourth-order valence-electron chi connectivity index (χ4n) is 5.14. The monoisotopic (exact) mass is 560 g/mol. The van der Waals surface area contributed by atoms with Crippen LogP contribution in [-0.2, 0) is 17.5 Å². The number of anilines is 1. The molecule has 0 fully saturated rings. The zero-order valence-corrected chi connectivity index (χ0v) is 22.3. The minimum absolute atomic E-state index is 0.118. The molecule has 210 valence electrons. The van der Waals surface area contributed by atoms with E-state index in [0.717, 1.165) is 12.1 Å². The van der Waals surface area contributed by atoms with Gasteiger partial charge in [-0.3, -0.25) is 14.5 Å². The van der Waals surface area contributed by atoms with Gasteiger partial charge < -0.3 is 14.8 Å². The van der Waals surface area contributed by atoms with Crippen molar-refractivity contribution in [3.05, 3.63) is 125 Å². The van der Waals surface area contributed by atoms with Gasteiger partial charge in [-0.15, -0.1) is 0 Å². The van der Waals surface area contributed by atoms with E-state index in [1.807, 2.05) is 0 Å². The van der Waals surface area contributed by atoms with Crippen LogP contribution in [0.2, 0.25) is 0 Å². The van der Waals surface area contributed by atoms with Gasteiger partial charge in [0.05, 0.1) is 31.7 Å². The van der Waals surface area contributed by atoms with Crippen molar-refractivity contribution < 1.29 is 32.2 Å². The Balaban J connectivity index is 1.58. The van der Waals surface area contributed by atoms with Crippen molar-refractivity contribution in [3.8, 4) is 11.5 Å². The summed E-state index contributed by atoms with van der Waals surface area (Å²) in [4.78, 5) is 29.6. The largest absolute Gasteiger partial charge is 0.497 e. The van der Waals surface area contributed by atoms with E-state index in [0.29, 0.717) is 39.4 Å². The maximum absolute atomic E-state index is 14.0. The van der Waals surface area contributed by atoms with Gasteiger partial charge in [0.1, 0.15) is 11.5 Å². The number of amides is 2. The number of carbonyl (C=O) groups is 2. The summed E-state index contributed by atoms with van der Waals surface area (Å²) >= 11 is 0. The van der Waals surface area contributed by atoms with Crippen molar-refractivity contribution >= 4 is 17.5 Å². The van der Waals surface area contributed by atoms with Crippen LogP contribution >= 0.6 is 0 Å². The number of hydrogen-bond acceptors (Lipinski definition) is 4. The summed E-state index contributed by atoms with van der Waals surface area (Å²) in [5.41, 5.74) is 1.66. The number of benzene rings is 4. The molecule has 1 aliphatic rings. The maximum atomic E-state index is 14.0. The lowest BCUT2D eigenvalue weighted by Crippen LogP contribution is -2.47. The zero-order chi connectivity index (χ0) is 29.1. The number of rotatable bonds is 7. The van der Waals surface area contributed by atoms with Crippen LogP contribution in [-0.4, -0.2) is 26.0 Å². The third-order valence-corrected chi connectivity index (χ3v) is 7.15. The highest BCUT2D eigenvalue weighted by atomic mass is 19.4. The minimum atomic E-state index is -4.50. The molecule has 4 aromatic rings. The summed E-state index contributed by atoms with van der Waals surface area (Å²) in [6.45, 7) is -0.118. The van der Waals surface area contributed by atoms with Crippen LogP contribution in [0.5, 0.6) is 11.5 Å². The number of fused-ring (bicyclic) bond motifs is 1. The van der Waals surface area contributed by atoms with Gasteiger partial charge in [-0.05, 0) is 71.3 Å². The van der Waals surface area contributed by atoms with Crippen molar-refractivity contribution in [3.63, 3.8) is 0 Å². The molecule has 0 saturated heterocycles. The van der Waals surface area contributed by atoms with Crippen LogP contribution in [0.1, 0.15) is 44.6 Å². The van der Waals surface area contributed by atoms with E-state index in [1.165, 1.54) is 12.1 Å². The van der Waals surface area contributed by atoms with E-state index >= 15 is 0 Å². The minimum Gasteiger partial charge on any atom is -0.497 e. The second-order valence-corrected chi connectivity index (χ2v) is 9.57. The molecule has 0 aromatic heterocycles. The first-order chi connectivity index (χ1) is 19.7. The fourth-order valence-corrected chi connectivity index (χ4v) is 5.14. The molecule has 2 unspecified atom stereocenters. The third kappa shape index (κ3) is 5.61. The third-order valence-electron chi connectivity index (χ3n) is 7.15. The van der Waals surface area contributed by atoms with Gasteiger partial charge in [-0.25, -0.2) is 0 Å². The second kappa shape index (κ2) is 11.4. The molecule has 0 bridgehead atoms. The van der Waals surface area contributed by atoms with Crippen molar-refractivity contribution in [1.82, 2.24) is 5.32 Å². The number of nitrogens with zero attached hydrogens (tertiary/aromatic N) is 1. The summed E-state index contributed by atoms with van der Waals surface area (Å²) in [7, 11) is 3.09. The number of ether oxygens (including phenoxy) is 2. The van der Waals surface area contributed by atoms with Crippen LogP contribution in [0.25, 0.3) is 0 Å². The van der Waals surface area contributed by atoms with Crippen LogP contribution in [0, 0.1) is 0 Å². The molecule has 1 aliphatic heterocycles. The zero-order valence-electron chi connectivity index (χ0n) is 22.3. The Morgan fingerprint density at radius 3 is 2.12 bits per heavy atom. The van der Waals surface area contributed by atoms with Crippen molar-refractivity contribution in [2.24, 2.45) is 0 Å². The number of methoxy groups -OCH3 is 2. The molecule has 41 heavy (non-hydrogen) atoms. The standard InChI is InChI=1S/C32H27F3N2O4/c1-40-24-14-10-21(11-15-24)29-28(30(38)36-19-20-6-5-7-22(18-20)32(33,34)35)26-8-3-4-9-27(26)31(39)37(29)23-12-16-25(41-2)17-13-23/h3-18,28-29H,19H2,1-2H3,(H,36,38). The molecule has 1 heterocycles. The predicted octanol–water partition coefficient (Wildman–Crippen LogP) is 6.52. The van der Waals surface area contributed by atoms with Crippen LogP contribution in [0.4, 0.5) is 18.9 Å². The van der Waals surface area contributed by atoms with Crippen molar-refractivity contribution in [2.45, 2.75) is 24.7 Å². The van der Waals surface area contributed by atoms with E-state index in [-0.39, 0.29) is 12.5 Å². The molecule has 5 rings (SSSR count). The Morgan fingerprint density at radius 2 is 1.49 bits per heavy atom. The highest BCUT2D eigenvalue weighted by Gasteiger charge is 2.45. The van der Waals surface area contributed by atoms with E-state index < -0.39 is 29.6 Å². The average molecular weight is 561 g/mol. The number of nitrogens with one attached hydrogen (secondary N) is 1. The Hall–Kier alpha value is -4.79. The SMILES string of the molecule is COc1ccc(C2C(C(=O)NCc3cccc(C(F)(F)F)c3)c3ccccc3C(=O)N2c2ccc(OC)cc2)cc1. The molecule has 9 heteroatoms. The molecule has 4 aromatic carbocycles. The van der Waals surface area contributed by atoms with Crippen LogP contribution < -0.4 is 19.7 Å². The van der Waals surface area contributed by atoms with Crippen LogP contribution in [0.15, 0.2) is 97.1 Å². The first kappa shape index (κ1) is 27.8. The normalized spacial score (nSPS) is 16.6. The Kier molecular flexibility index (Phi) is 7.70. The summed E-state index contributed by atoms with van der Waals surface area (Å²) < 4.78 is 50.4. The van der Waals surface area contributed by atoms with Gasteiger partial charge >= 0.3 is 6.18 Å². The molecule has 0 saturated carbocycles. The molecule has 0 spiro atoms. The smallest absolute Gasteiger partial charge is 0.416 e. The predicted molar refractivity (Wildman–Crippen MR) is 148 cm³/mol. The summed E-state index contributed by atoms with van der Waals surface area (Å²) in [5, 5.41) is 2.83. The summed E-state index contributed by atoms with van der Waals surface area (Å²) in [5.74, 6) is -0.367. The molecule has 6 nitrogen and oxygen atoms in total. The number of hydrogen-bond donors (Lipinski definition) is 1. The number of alkyl halides is 3. The van der Waals surface area contributed by atoms with E-state index in [4.69, 9.17) is 9.47 Å². The Bertz CT molecular complexity index is 1550.